The summed E-state index contributed by atoms with van der Waals surface area (Å²) in [6.07, 6.45) is 0.837. The van der Waals surface area contributed by atoms with Gasteiger partial charge >= 0.3 is 0 Å². The lowest BCUT2D eigenvalue weighted by atomic mass is 9.87. The van der Waals surface area contributed by atoms with E-state index in [1.54, 1.807) is 31.0 Å². The van der Waals surface area contributed by atoms with Gasteiger partial charge in [-0.25, -0.2) is 9.07 Å². The predicted molar refractivity (Wildman–Crippen MR) is 161 cm³/mol. The Kier molecular flexibility index (Phi) is 9.31. The highest BCUT2D eigenvalue weighted by molar-refractivity contribution is 8.00. The van der Waals surface area contributed by atoms with Crippen molar-refractivity contribution in [1.29, 1.82) is 0 Å². The van der Waals surface area contributed by atoms with E-state index in [1.165, 1.54) is 28.8 Å². The van der Waals surface area contributed by atoms with Crippen LogP contribution in [0.2, 0.25) is 0 Å². The van der Waals surface area contributed by atoms with Gasteiger partial charge in [0, 0.05) is 17.5 Å². The van der Waals surface area contributed by atoms with Gasteiger partial charge in [-0.15, -0.1) is 11.8 Å². The van der Waals surface area contributed by atoms with Crippen LogP contribution in [-0.4, -0.2) is 54.7 Å². The molecule has 220 valence electrons. The Morgan fingerprint density at radius 2 is 1.80 bits per heavy atom. The molecule has 1 aromatic heterocycles. The lowest BCUT2D eigenvalue weighted by Crippen LogP contribution is -2.42. The molecule has 1 atom stereocenters. The van der Waals surface area contributed by atoms with E-state index in [2.05, 4.69) is 39.9 Å². The number of fused-ring (bicyclic) bond motifs is 1. The highest BCUT2D eigenvalue weighted by Crippen LogP contribution is 2.49. The number of nitrogens with one attached hydrogen (secondary N) is 1. The molecule has 2 heterocycles. The molecular formula is C31H39FN4O4S. The van der Waals surface area contributed by atoms with Crippen LogP contribution in [0.4, 0.5) is 10.2 Å². The van der Waals surface area contributed by atoms with Gasteiger partial charge < -0.3 is 14.8 Å². The molecule has 0 spiro atoms. The number of benzene rings is 2. The van der Waals surface area contributed by atoms with Crippen LogP contribution in [0.5, 0.6) is 11.5 Å². The van der Waals surface area contributed by atoms with E-state index in [1.807, 2.05) is 18.2 Å². The molecule has 41 heavy (non-hydrogen) atoms. The van der Waals surface area contributed by atoms with Gasteiger partial charge in [0.25, 0.3) is 0 Å². The average molecular weight is 583 g/mol. The third kappa shape index (κ3) is 6.69. The van der Waals surface area contributed by atoms with Crippen molar-refractivity contribution in [3.63, 3.8) is 0 Å². The average Bonchev–Trinajstić information content (AvgIpc) is 3.26. The Labute approximate surface area is 245 Å². The number of hydrogen-bond donors (Lipinski definition) is 1. The van der Waals surface area contributed by atoms with Gasteiger partial charge in [0.1, 0.15) is 18.2 Å². The zero-order valence-corrected chi connectivity index (χ0v) is 25.6. The Hall–Kier alpha value is -3.53. The molecule has 1 N–H and O–H groups in total. The van der Waals surface area contributed by atoms with E-state index in [-0.39, 0.29) is 35.2 Å². The van der Waals surface area contributed by atoms with Crippen LogP contribution in [0.15, 0.2) is 42.5 Å². The van der Waals surface area contributed by atoms with Gasteiger partial charge in [-0.2, -0.15) is 5.10 Å². The Bertz CT molecular complexity index is 1400. The molecule has 8 nitrogen and oxygen atoms in total. The quantitative estimate of drug-likeness (QED) is 0.351. The molecule has 3 aromatic rings. The molecule has 1 aliphatic rings. The van der Waals surface area contributed by atoms with Crippen LogP contribution >= 0.6 is 11.8 Å². The van der Waals surface area contributed by atoms with Gasteiger partial charge in [-0.3, -0.25) is 14.5 Å². The number of thioether (sulfide) groups is 1. The summed E-state index contributed by atoms with van der Waals surface area (Å²) in [5.74, 6) is 1.45. The van der Waals surface area contributed by atoms with Crippen LogP contribution in [0.25, 0.3) is 5.69 Å². The van der Waals surface area contributed by atoms with Crippen molar-refractivity contribution in [3.8, 4) is 17.2 Å². The first-order valence-corrected chi connectivity index (χ1v) is 14.8. The van der Waals surface area contributed by atoms with Crippen molar-refractivity contribution in [3.05, 3.63) is 65.1 Å². The van der Waals surface area contributed by atoms with Crippen molar-refractivity contribution in [2.75, 3.05) is 38.0 Å². The molecule has 0 aliphatic carbocycles. The molecule has 2 aromatic carbocycles. The first kappa shape index (κ1) is 30.4. The first-order valence-electron chi connectivity index (χ1n) is 13.7. The smallest absolute Gasteiger partial charge is 0.240 e. The van der Waals surface area contributed by atoms with Crippen LogP contribution in [-0.2, 0) is 15.0 Å². The highest BCUT2D eigenvalue weighted by atomic mass is 32.2. The fraction of sp³-hybridized carbons (Fsp3) is 0.452. The number of carbonyl (C=O) groups is 2. The van der Waals surface area contributed by atoms with Crippen molar-refractivity contribution in [2.24, 2.45) is 5.92 Å². The maximum atomic E-state index is 13.9. The SMILES string of the molecule is COc1ccc(C2SCC(=O)N(CC(=O)NCCC(C)C)c3c2c(C(C)(C)C)nn3-c2ccc(F)cc2)cc1OC. The number of halogens is 1. The van der Waals surface area contributed by atoms with E-state index < -0.39 is 5.41 Å². The summed E-state index contributed by atoms with van der Waals surface area (Å²) < 4.78 is 26.7. The maximum absolute atomic E-state index is 13.9. The zero-order valence-electron chi connectivity index (χ0n) is 24.8. The predicted octanol–water partition coefficient (Wildman–Crippen LogP) is 5.66. The van der Waals surface area contributed by atoms with Crippen LogP contribution in [0.3, 0.4) is 0 Å². The third-order valence-electron chi connectivity index (χ3n) is 6.93. The molecule has 1 aliphatic heterocycles. The molecule has 2 amide bonds. The van der Waals surface area contributed by atoms with E-state index >= 15 is 0 Å². The molecule has 0 saturated carbocycles. The molecular weight excluding hydrogens is 543 g/mol. The summed E-state index contributed by atoms with van der Waals surface area (Å²) in [6, 6.07) is 11.7. The van der Waals surface area contributed by atoms with Crippen molar-refractivity contribution >= 4 is 29.4 Å². The summed E-state index contributed by atoms with van der Waals surface area (Å²) in [5.41, 5.74) is 2.70. The highest BCUT2D eigenvalue weighted by Gasteiger charge is 2.40. The molecule has 4 rings (SSSR count). The standard InChI is InChI=1S/C31H39FN4O4S/c1-19(2)14-15-33-25(37)17-35-26(38)18-41-28(20-8-13-23(39-6)24(16-20)40-7)27-29(31(3,4)5)34-36(30(27)35)22-11-9-21(32)10-12-22/h8-13,16,19,28H,14-15,17-18H2,1-7H3,(H,33,37). The number of ether oxygens (including phenoxy) is 2. The second-order valence-electron chi connectivity index (χ2n) is 11.5. The van der Waals surface area contributed by atoms with Gasteiger partial charge in [0.15, 0.2) is 11.5 Å². The minimum absolute atomic E-state index is 0.153. The Balaban J connectivity index is 1.93. The summed E-state index contributed by atoms with van der Waals surface area (Å²) in [5, 5.41) is 7.69. The van der Waals surface area contributed by atoms with Gasteiger partial charge in [0.05, 0.1) is 36.6 Å². The number of anilines is 1. The molecule has 0 fully saturated rings. The fourth-order valence-corrected chi connectivity index (χ4v) is 6.00. The summed E-state index contributed by atoms with van der Waals surface area (Å²) in [7, 11) is 3.17. The minimum atomic E-state index is -0.413. The second-order valence-corrected chi connectivity index (χ2v) is 12.6. The molecule has 10 heteroatoms. The maximum Gasteiger partial charge on any atom is 0.240 e. The number of carbonyl (C=O) groups excluding carboxylic acids is 2. The number of rotatable bonds is 9. The Morgan fingerprint density at radius 1 is 1.12 bits per heavy atom. The van der Waals surface area contributed by atoms with Gasteiger partial charge in [-0.1, -0.05) is 40.7 Å². The fourth-order valence-electron chi connectivity index (χ4n) is 4.81. The summed E-state index contributed by atoms with van der Waals surface area (Å²) in [6.45, 7) is 10.8. The van der Waals surface area contributed by atoms with Crippen LogP contribution in [0, 0.1) is 11.7 Å². The molecule has 0 saturated heterocycles. The van der Waals surface area contributed by atoms with Crippen LogP contribution in [0.1, 0.15) is 63.1 Å². The Morgan fingerprint density at radius 3 is 2.41 bits per heavy atom. The number of methoxy groups -OCH3 is 2. The number of amides is 2. The van der Waals surface area contributed by atoms with E-state index in [0.29, 0.717) is 35.5 Å². The zero-order chi connectivity index (χ0) is 29.9. The largest absolute Gasteiger partial charge is 0.493 e. The third-order valence-corrected chi connectivity index (χ3v) is 8.18. The van der Waals surface area contributed by atoms with E-state index in [4.69, 9.17) is 14.6 Å². The molecule has 0 radical (unpaired) electrons. The summed E-state index contributed by atoms with van der Waals surface area (Å²) >= 11 is 1.48. The van der Waals surface area contributed by atoms with Crippen molar-refractivity contribution < 1.29 is 23.5 Å². The number of aromatic nitrogens is 2. The molecule has 1 unspecified atom stereocenters. The monoisotopic (exact) mass is 582 g/mol. The van der Waals surface area contributed by atoms with Gasteiger partial charge in [0.2, 0.25) is 11.8 Å². The van der Waals surface area contributed by atoms with Gasteiger partial charge in [-0.05, 0) is 54.3 Å². The normalized spacial score (nSPS) is 15.5. The van der Waals surface area contributed by atoms with Crippen LogP contribution < -0.4 is 19.7 Å². The summed E-state index contributed by atoms with van der Waals surface area (Å²) in [4.78, 5) is 28.4. The second kappa shape index (κ2) is 12.5. The first-order chi connectivity index (χ1) is 19.4. The molecule has 0 bridgehead atoms. The minimum Gasteiger partial charge on any atom is -0.493 e. The lowest BCUT2D eigenvalue weighted by molar-refractivity contribution is -0.122. The number of hydrogen-bond acceptors (Lipinski definition) is 6. The number of nitrogens with zero attached hydrogens (tertiary/aromatic N) is 3. The van der Waals surface area contributed by atoms with E-state index in [9.17, 15) is 14.0 Å². The van der Waals surface area contributed by atoms with Crippen molar-refractivity contribution in [1.82, 2.24) is 15.1 Å². The topological polar surface area (TPSA) is 85.7 Å². The van der Waals surface area contributed by atoms with Crippen molar-refractivity contribution in [2.45, 2.75) is 51.7 Å². The lowest BCUT2D eigenvalue weighted by Gasteiger charge is -2.25. The van der Waals surface area contributed by atoms with E-state index in [0.717, 1.165) is 23.2 Å².